The van der Waals surface area contributed by atoms with E-state index in [2.05, 4.69) is 37.4 Å². The number of rotatable bonds is 4. The molecule has 2 heteroatoms. The van der Waals surface area contributed by atoms with Gasteiger partial charge in [-0.25, -0.2) is 0 Å². The van der Waals surface area contributed by atoms with Gasteiger partial charge in [0.2, 0.25) is 0 Å². The van der Waals surface area contributed by atoms with Crippen LogP contribution in [0.2, 0.25) is 13.1 Å². The third-order valence-electron chi connectivity index (χ3n) is 2.43. The molecule has 17 heavy (non-hydrogen) atoms. The average molecular weight is 241 g/mol. The first-order chi connectivity index (χ1) is 8.27. The van der Waals surface area contributed by atoms with Crippen LogP contribution in [-0.4, -0.2) is 9.04 Å². The van der Waals surface area contributed by atoms with Crippen LogP contribution < -0.4 is 0 Å². The second-order valence-electron chi connectivity index (χ2n) is 4.23. The van der Waals surface area contributed by atoms with Gasteiger partial charge in [0.05, 0.1) is 0 Å². The van der Waals surface area contributed by atoms with Crippen LogP contribution in [0.15, 0.2) is 60.7 Å². The molecular formula is C15H17OSi. The quantitative estimate of drug-likeness (QED) is 0.743. The number of hydrogen-bond donors (Lipinski definition) is 0. The molecule has 87 valence electrons. The van der Waals surface area contributed by atoms with E-state index >= 15 is 0 Å². The van der Waals surface area contributed by atoms with Crippen molar-refractivity contribution in [3.05, 3.63) is 77.9 Å². The van der Waals surface area contributed by atoms with Crippen molar-refractivity contribution in [2.24, 2.45) is 0 Å². The Morgan fingerprint density at radius 1 is 0.765 bits per heavy atom. The van der Waals surface area contributed by atoms with E-state index in [1.807, 2.05) is 36.4 Å². The summed E-state index contributed by atoms with van der Waals surface area (Å²) in [6.07, 6.45) is 1.01. The largest absolute Gasteiger partial charge is 0.404 e. The van der Waals surface area contributed by atoms with Crippen molar-refractivity contribution in [3.8, 4) is 0 Å². The summed E-state index contributed by atoms with van der Waals surface area (Å²) >= 11 is 0. The topological polar surface area (TPSA) is 9.23 Å². The van der Waals surface area contributed by atoms with Gasteiger partial charge in [-0.2, -0.15) is 0 Å². The molecular weight excluding hydrogens is 224 g/mol. The lowest BCUT2D eigenvalue weighted by atomic mass is 10.0. The van der Waals surface area contributed by atoms with Crippen molar-refractivity contribution in [3.63, 3.8) is 0 Å². The van der Waals surface area contributed by atoms with Gasteiger partial charge < -0.3 is 4.43 Å². The van der Waals surface area contributed by atoms with Crippen LogP contribution >= 0.6 is 0 Å². The molecule has 0 spiro atoms. The van der Waals surface area contributed by atoms with E-state index in [0.29, 0.717) is 0 Å². The lowest BCUT2D eigenvalue weighted by Crippen LogP contribution is -2.15. The van der Waals surface area contributed by atoms with Gasteiger partial charge in [-0.15, -0.1) is 0 Å². The normalized spacial score (nSPS) is 11.1. The molecule has 2 rings (SSSR count). The minimum Gasteiger partial charge on any atom is -0.404 e. The Labute approximate surface area is 105 Å². The van der Waals surface area contributed by atoms with Crippen LogP contribution in [0.4, 0.5) is 0 Å². The molecule has 0 aliphatic carbocycles. The van der Waals surface area contributed by atoms with Gasteiger partial charge in [0.25, 0.3) is 0 Å². The summed E-state index contributed by atoms with van der Waals surface area (Å²) in [4.78, 5) is 0. The zero-order valence-electron chi connectivity index (χ0n) is 10.3. The Balaban J connectivity index is 2.32. The standard InChI is InChI=1S/C15H17OSi/c1-17(2)16-15(13-9-5-3-6-10-13)14-11-7-4-8-12-14/h3-12,17H,1-2H3. The lowest BCUT2D eigenvalue weighted by molar-refractivity contribution is 0.387. The van der Waals surface area contributed by atoms with Crippen LogP contribution in [0.5, 0.6) is 0 Å². The van der Waals surface area contributed by atoms with Gasteiger partial charge in [-0.05, 0) is 24.2 Å². The summed E-state index contributed by atoms with van der Waals surface area (Å²) in [5, 5.41) is 0. The molecule has 0 unspecified atom stereocenters. The van der Waals surface area contributed by atoms with Crippen molar-refractivity contribution >= 4 is 9.04 Å². The summed E-state index contributed by atoms with van der Waals surface area (Å²) in [5.41, 5.74) is 2.31. The van der Waals surface area contributed by atoms with Gasteiger partial charge >= 0.3 is 0 Å². The maximum Gasteiger partial charge on any atom is 0.172 e. The van der Waals surface area contributed by atoms with Crippen molar-refractivity contribution in [2.45, 2.75) is 13.1 Å². The highest BCUT2D eigenvalue weighted by atomic mass is 28.3. The summed E-state index contributed by atoms with van der Waals surface area (Å²) < 4.78 is 6.08. The Bertz CT molecular complexity index is 399. The summed E-state index contributed by atoms with van der Waals surface area (Å²) in [7, 11) is -1.11. The van der Waals surface area contributed by atoms with Crippen molar-refractivity contribution < 1.29 is 4.43 Å². The molecule has 2 aromatic rings. The van der Waals surface area contributed by atoms with Crippen molar-refractivity contribution in [1.82, 2.24) is 0 Å². The van der Waals surface area contributed by atoms with Crippen molar-refractivity contribution in [1.29, 1.82) is 0 Å². The van der Waals surface area contributed by atoms with Gasteiger partial charge in [0, 0.05) is 0 Å². The SMILES string of the molecule is C[SiH](C)O[C](c1ccccc1)c1ccccc1. The van der Waals surface area contributed by atoms with E-state index in [1.165, 1.54) is 0 Å². The van der Waals surface area contributed by atoms with E-state index in [1.54, 1.807) is 0 Å². The second kappa shape index (κ2) is 5.80. The first-order valence-electron chi connectivity index (χ1n) is 5.92. The minimum atomic E-state index is -1.11. The molecule has 0 N–H and O–H groups in total. The highest BCUT2D eigenvalue weighted by molar-refractivity contribution is 6.48. The van der Waals surface area contributed by atoms with Crippen LogP contribution in [0.25, 0.3) is 0 Å². The molecule has 0 saturated heterocycles. The molecule has 1 nitrogen and oxygen atoms in total. The summed E-state index contributed by atoms with van der Waals surface area (Å²) in [6.45, 7) is 4.37. The van der Waals surface area contributed by atoms with Gasteiger partial charge in [0.1, 0.15) is 6.10 Å². The molecule has 0 aliphatic rings. The van der Waals surface area contributed by atoms with E-state index in [4.69, 9.17) is 4.43 Å². The molecule has 1 radical (unpaired) electrons. The number of hydrogen-bond acceptors (Lipinski definition) is 1. The van der Waals surface area contributed by atoms with E-state index < -0.39 is 9.04 Å². The molecule has 2 aromatic carbocycles. The maximum atomic E-state index is 6.08. The molecule has 0 amide bonds. The van der Waals surface area contributed by atoms with Gasteiger partial charge in [0.15, 0.2) is 9.04 Å². The molecule has 0 heterocycles. The highest BCUT2D eigenvalue weighted by Crippen LogP contribution is 2.25. The fourth-order valence-corrected chi connectivity index (χ4v) is 2.46. The average Bonchev–Trinajstić information content (AvgIpc) is 2.38. The zero-order chi connectivity index (χ0) is 12.1. The lowest BCUT2D eigenvalue weighted by Gasteiger charge is -2.19. The monoisotopic (exact) mass is 241 g/mol. The van der Waals surface area contributed by atoms with E-state index in [-0.39, 0.29) is 0 Å². The molecule has 0 atom stereocenters. The Morgan fingerprint density at radius 2 is 1.18 bits per heavy atom. The predicted molar refractivity (Wildman–Crippen MR) is 74.3 cm³/mol. The summed E-state index contributed by atoms with van der Waals surface area (Å²) in [6, 6.07) is 20.6. The smallest absolute Gasteiger partial charge is 0.172 e. The maximum absolute atomic E-state index is 6.08. The van der Waals surface area contributed by atoms with Crippen LogP contribution in [0.3, 0.4) is 0 Å². The van der Waals surface area contributed by atoms with Crippen molar-refractivity contribution in [2.75, 3.05) is 0 Å². The van der Waals surface area contributed by atoms with Crippen LogP contribution in [0, 0.1) is 6.10 Å². The zero-order valence-corrected chi connectivity index (χ0v) is 11.4. The van der Waals surface area contributed by atoms with Crippen LogP contribution in [-0.2, 0) is 4.43 Å². The fraction of sp³-hybridized carbons (Fsp3) is 0.133. The predicted octanol–water partition coefficient (Wildman–Crippen LogP) is 3.61. The Hall–Kier alpha value is -1.38. The second-order valence-corrected chi connectivity index (χ2v) is 6.56. The first-order valence-corrected chi connectivity index (χ1v) is 8.70. The number of benzene rings is 2. The molecule has 0 bridgehead atoms. The van der Waals surface area contributed by atoms with Crippen LogP contribution in [0.1, 0.15) is 11.1 Å². The third-order valence-corrected chi connectivity index (χ3v) is 3.13. The minimum absolute atomic E-state index is 1.01. The fourth-order valence-electron chi connectivity index (χ4n) is 1.72. The molecule has 0 aromatic heterocycles. The summed E-state index contributed by atoms with van der Waals surface area (Å²) in [5.74, 6) is 0. The van der Waals surface area contributed by atoms with E-state index in [9.17, 15) is 0 Å². The first kappa shape index (κ1) is 12.1. The molecule has 0 saturated carbocycles. The third kappa shape index (κ3) is 3.28. The molecule has 0 aliphatic heterocycles. The van der Waals surface area contributed by atoms with Gasteiger partial charge in [-0.3, -0.25) is 0 Å². The Kier molecular flexibility index (Phi) is 4.12. The Morgan fingerprint density at radius 3 is 1.53 bits per heavy atom. The van der Waals surface area contributed by atoms with Gasteiger partial charge in [-0.1, -0.05) is 60.7 Å². The molecule has 0 fully saturated rings. The van der Waals surface area contributed by atoms with E-state index in [0.717, 1.165) is 17.2 Å². The highest BCUT2D eigenvalue weighted by Gasteiger charge is 2.17.